The van der Waals surface area contributed by atoms with E-state index in [2.05, 4.69) is 5.43 Å². The van der Waals surface area contributed by atoms with Gasteiger partial charge in [0.25, 0.3) is 0 Å². The maximum absolute atomic E-state index is 5.55. The number of rotatable bonds is 5. The summed E-state index contributed by atoms with van der Waals surface area (Å²) in [5, 5.41) is 0. The van der Waals surface area contributed by atoms with Crippen LogP contribution >= 0.6 is 0 Å². The van der Waals surface area contributed by atoms with Crippen molar-refractivity contribution in [2.75, 3.05) is 13.2 Å². The second-order valence-corrected chi connectivity index (χ2v) is 4.42. The molecule has 2 rings (SSSR count). The van der Waals surface area contributed by atoms with Gasteiger partial charge in [0.05, 0.1) is 6.61 Å². The minimum atomic E-state index is 0.489. The summed E-state index contributed by atoms with van der Waals surface area (Å²) in [5.41, 5.74) is 2.95. The van der Waals surface area contributed by atoms with E-state index in [9.17, 15) is 0 Å². The molecule has 76 valence electrons. The van der Waals surface area contributed by atoms with Crippen molar-refractivity contribution >= 4 is 0 Å². The summed E-state index contributed by atoms with van der Waals surface area (Å²) in [6, 6.07) is 0.489. The van der Waals surface area contributed by atoms with Crippen molar-refractivity contribution in [2.45, 2.75) is 38.1 Å². The van der Waals surface area contributed by atoms with Gasteiger partial charge >= 0.3 is 0 Å². The van der Waals surface area contributed by atoms with E-state index in [0.29, 0.717) is 12.0 Å². The van der Waals surface area contributed by atoms with Crippen molar-refractivity contribution in [3.63, 3.8) is 0 Å². The highest BCUT2D eigenvalue weighted by Crippen LogP contribution is 2.34. The largest absolute Gasteiger partial charge is 0.381 e. The molecule has 3 nitrogen and oxygen atoms in total. The molecule has 2 unspecified atom stereocenters. The Morgan fingerprint density at radius 1 is 1.38 bits per heavy atom. The first kappa shape index (κ1) is 9.44. The SMILES string of the molecule is NNC(CCC1CC1)C1CCOC1. The number of hydrogen-bond acceptors (Lipinski definition) is 3. The Labute approximate surface area is 80.0 Å². The summed E-state index contributed by atoms with van der Waals surface area (Å²) in [4.78, 5) is 0. The minimum absolute atomic E-state index is 0.489. The number of hydrazine groups is 1. The van der Waals surface area contributed by atoms with Crippen LogP contribution in [0.3, 0.4) is 0 Å². The van der Waals surface area contributed by atoms with E-state index < -0.39 is 0 Å². The third-order valence-corrected chi connectivity index (χ3v) is 3.33. The van der Waals surface area contributed by atoms with E-state index in [0.717, 1.165) is 19.1 Å². The lowest BCUT2D eigenvalue weighted by molar-refractivity contribution is 0.174. The zero-order valence-electron chi connectivity index (χ0n) is 8.17. The first-order chi connectivity index (χ1) is 6.40. The van der Waals surface area contributed by atoms with Gasteiger partial charge < -0.3 is 4.74 Å². The number of nitrogens with two attached hydrogens (primary N) is 1. The second kappa shape index (κ2) is 4.40. The Balaban J connectivity index is 1.70. The summed E-state index contributed by atoms with van der Waals surface area (Å²) in [7, 11) is 0. The zero-order chi connectivity index (χ0) is 9.10. The van der Waals surface area contributed by atoms with Gasteiger partial charge in [0.15, 0.2) is 0 Å². The first-order valence-electron chi connectivity index (χ1n) is 5.44. The smallest absolute Gasteiger partial charge is 0.0510 e. The van der Waals surface area contributed by atoms with E-state index in [4.69, 9.17) is 10.6 Å². The third-order valence-electron chi connectivity index (χ3n) is 3.33. The maximum Gasteiger partial charge on any atom is 0.0510 e. The molecule has 2 atom stereocenters. The van der Waals surface area contributed by atoms with Gasteiger partial charge in [0, 0.05) is 18.6 Å². The monoisotopic (exact) mass is 184 g/mol. The van der Waals surface area contributed by atoms with Crippen LogP contribution in [0.5, 0.6) is 0 Å². The highest BCUT2D eigenvalue weighted by atomic mass is 16.5. The molecule has 0 spiro atoms. The van der Waals surface area contributed by atoms with Crippen molar-refractivity contribution in [1.82, 2.24) is 5.43 Å². The van der Waals surface area contributed by atoms with Crippen molar-refractivity contribution in [3.8, 4) is 0 Å². The third kappa shape index (κ3) is 2.66. The van der Waals surface area contributed by atoms with Gasteiger partial charge in [0.2, 0.25) is 0 Å². The van der Waals surface area contributed by atoms with Gasteiger partial charge in [-0.1, -0.05) is 12.8 Å². The van der Waals surface area contributed by atoms with Crippen molar-refractivity contribution < 1.29 is 4.74 Å². The standard InChI is InChI=1S/C10H20N2O/c11-12-10(4-3-8-1-2-8)9-5-6-13-7-9/h8-10,12H,1-7,11H2. The lowest BCUT2D eigenvalue weighted by Gasteiger charge is -2.21. The molecule has 0 aromatic heterocycles. The zero-order valence-corrected chi connectivity index (χ0v) is 8.17. The lowest BCUT2D eigenvalue weighted by Crippen LogP contribution is -2.41. The molecule has 0 aromatic carbocycles. The fraction of sp³-hybridized carbons (Fsp3) is 1.00. The molecule has 1 aliphatic heterocycles. The molecule has 1 saturated heterocycles. The quantitative estimate of drug-likeness (QED) is 0.496. The Hall–Kier alpha value is -0.120. The van der Waals surface area contributed by atoms with Gasteiger partial charge in [-0.05, 0) is 25.2 Å². The summed E-state index contributed by atoms with van der Waals surface area (Å²) in [6.45, 7) is 1.83. The van der Waals surface area contributed by atoms with Crippen LogP contribution in [0.4, 0.5) is 0 Å². The highest BCUT2D eigenvalue weighted by molar-refractivity contribution is 4.81. The van der Waals surface area contributed by atoms with E-state index in [1.807, 2.05) is 0 Å². The van der Waals surface area contributed by atoms with Crippen LogP contribution in [0.25, 0.3) is 0 Å². The van der Waals surface area contributed by atoms with Crippen LogP contribution < -0.4 is 11.3 Å². The molecular weight excluding hydrogens is 164 g/mol. The molecule has 0 radical (unpaired) electrons. The van der Waals surface area contributed by atoms with Gasteiger partial charge in [-0.3, -0.25) is 11.3 Å². The minimum Gasteiger partial charge on any atom is -0.381 e. The van der Waals surface area contributed by atoms with Crippen LogP contribution in [-0.2, 0) is 4.74 Å². The molecule has 3 heteroatoms. The first-order valence-corrected chi connectivity index (χ1v) is 5.44. The fourth-order valence-corrected chi connectivity index (χ4v) is 2.15. The van der Waals surface area contributed by atoms with Crippen LogP contribution in [0.2, 0.25) is 0 Å². The molecule has 13 heavy (non-hydrogen) atoms. The Morgan fingerprint density at radius 2 is 2.23 bits per heavy atom. The maximum atomic E-state index is 5.55. The summed E-state index contributed by atoms with van der Waals surface area (Å²) >= 11 is 0. The van der Waals surface area contributed by atoms with Gasteiger partial charge in [-0.15, -0.1) is 0 Å². The molecule has 1 saturated carbocycles. The van der Waals surface area contributed by atoms with Gasteiger partial charge in [-0.2, -0.15) is 0 Å². The summed E-state index contributed by atoms with van der Waals surface area (Å²) < 4.78 is 5.37. The average molecular weight is 184 g/mol. The molecule has 1 aliphatic carbocycles. The predicted octanol–water partition coefficient (Wildman–Crippen LogP) is 1.04. The van der Waals surface area contributed by atoms with Gasteiger partial charge in [0.1, 0.15) is 0 Å². The van der Waals surface area contributed by atoms with Crippen LogP contribution in [0.1, 0.15) is 32.1 Å². The lowest BCUT2D eigenvalue weighted by atomic mass is 9.94. The molecule has 3 N–H and O–H groups in total. The fourth-order valence-electron chi connectivity index (χ4n) is 2.15. The molecule has 0 amide bonds. The Bertz CT molecular complexity index is 153. The van der Waals surface area contributed by atoms with Crippen LogP contribution in [-0.4, -0.2) is 19.3 Å². The van der Waals surface area contributed by atoms with Gasteiger partial charge in [-0.25, -0.2) is 0 Å². The van der Waals surface area contributed by atoms with E-state index in [1.54, 1.807) is 0 Å². The predicted molar refractivity (Wildman–Crippen MR) is 52.0 cm³/mol. The molecular formula is C10H20N2O. The topological polar surface area (TPSA) is 47.3 Å². The molecule has 0 bridgehead atoms. The highest BCUT2D eigenvalue weighted by Gasteiger charge is 2.27. The van der Waals surface area contributed by atoms with Crippen LogP contribution in [0, 0.1) is 11.8 Å². The Kier molecular flexibility index (Phi) is 3.19. The summed E-state index contributed by atoms with van der Waals surface area (Å²) in [5.74, 6) is 7.22. The molecule has 0 aromatic rings. The second-order valence-electron chi connectivity index (χ2n) is 4.42. The molecule has 1 heterocycles. The molecule has 2 fully saturated rings. The number of ether oxygens (including phenoxy) is 1. The van der Waals surface area contributed by atoms with E-state index >= 15 is 0 Å². The summed E-state index contributed by atoms with van der Waals surface area (Å²) in [6.07, 6.45) is 6.65. The molecule has 2 aliphatic rings. The normalized spacial score (nSPS) is 30.7. The number of nitrogens with one attached hydrogen (secondary N) is 1. The van der Waals surface area contributed by atoms with E-state index in [1.165, 1.54) is 32.1 Å². The van der Waals surface area contributed by atoms with Crippen molar-refractivity contribution in [1.29, 1.82) is 0 Å². The van der Waals surface area contributed by atoms with Crippen molar-refractivity contribution in [2.24, 2.45) is 17.7 Å². The Morgan fingerprint density at radius 3 is 2.77 bits per heavy atom. The number of hydrogen-bond donors (Lipinski definition) is 2. The van der Waals surface area contributed by atoms with Crippen molar-refractivity contribution in [3.05, 3.63) is 0 Å². The van der Waals surface area contributed by atoms with E-state index in [-0.39, 0.29) is 0 Å². The average Bonchev–Trinajstić information content (AvgIpc) is 2.81. The van der Waals surface area contributed by atoms with Crippen LogP contribution in [0.15, 0.2) is 0 Å².